The lowest BCUT2D eigenvalue weighted by Gasteiger charge is -2.18. The summed E-state index contributed by atoms with van der Waals surface area (Å²) >= 11 is 0. The van der Waals surface area contributed by atoms with Crippen LogP contribution in [0.3, 0.4) is 0 Å². The number of carbonyl (C=O) groups excluding carboxylic acids is 2. The van der Waals surface area contributed by atoms with Gasteiger partial charge in [-0.2, -0.15) is 0 Å². The van der Waals surface area contributed by atoms with Gasteiger partial charge in [-0.05, 0) is 13.0 Å². The SMILES string of the molecule is CNCCOCCOCCOCCOCCC(=O)N[C@H](C(N)=O)C(C)C. The van der Waals surface area contributed by atoms with Crippen molar-refractivity contribution in [2.45, 2.75) is 26.3 Å². The third kappa shape index (κ3) is 15.0. The highest BCUT2D eigenvalue weighted by molar-refractivity contribution is 5.86. The van der Waals surface area contributed by atoms with E-state index in [2.05, 4.69) is 10.6 Å². The summed E-state index contributed by atoms with van der Waals surface area (Å²) in [5.74, 6) is -0.837. The molecule has 0 aliphatic carbocycles. The number of carbonyl (C=O) groups is 2. The minimum absolute atomic E-state index is 0.0482. The van der Waals surface area contributed by atoms with Gasteiger partial charge in [-0.25, -0.2) is 0 Å². The Balaban J connectivity index is 3.38. The number of primary amides is 1. The van der Waals surface area contributed by atoms with Crippen LogP contribution in [0.1, 0.15) is 20.3 Å². The van der Waals surface area contributed by atoms with Crippen molar-refractivity contribution in [1.82, 2.24) is 10.6 Å². The van der Waals surface area contributed by atoms with Gasteiger partial charge in [0, 0.05) is 13.0 Å². The molecule has 0 aliphatic heterocycles. The lowest BCUT2D eigenvalue weighted by atomic mass is 10.0. The van der Waals surface area contributed by atoms with Crippen LogP contribution in [-0.2, 0) is 28.5 Å². The van der Waals surface area contributed by atoms with E-state index in [1.54, 1.807) is 0 Å². The van der Waals surface area contributed by atoms with Crippen molar-refractivity contribution in [3.63, 3.8) is 0 Å². The number of hydrogen-bond donors (Lipinski definition) is 3. The van der Waals surface area contributed by atoms with Gasteiger partial charge < -0.3 is 35.3 Å². The van der Waals surface area contributed by atoms with Gasteiger partial charge in [0.2, 0.25) is 11.8 Å². The molecule has 0 heterocycles. The molecule has 9 nitrogen and oxygen atoms in total. The second-order valence-electron chi connectivity index (χ2n) is 5.99. The van der Waals surface area contributed by atoms with E-state index in [1.807, 2.05) is 20.9 Å². The Kier molecular flexibility index (Phi) is 16.3. The molecule has 1 atom stereocenters. The van der Waals surface area contributed by atoms with E-state index in [0.717, 1.165) is 6.54 Å². The lowest BCUT2D eigenvalue weighted by Crippen LogP contribution is -2.47. The van der Waals surface area contributed by atoms with E-state index in [9.17, 15) is 9.59 Å². The van der Waals surface area contributed by atoms with E-state index < -0.39 is 11.9 Å². The molecule has 0 fully saturated rings. The summed E-state index contributed by atoms with van der Waals surface area (Å²) in [5.41, 5.74) is 5.25. The number of likely N-dealkylation sites (N-methyl/N-ethyl adjacent to an activating group) is 1. The van der Waals surface area contributed by atoms with Crippen molar-refractivity contribution in [3.8, 4) is 0 Å². The highest BCUT2D eigenvalue weighted by atomic mass is 16.6. The largest absolute Gasteiger partial charge is 0.379 e. The first-order chi connectivity index (χ1) is 12.5. The molecule has 154 valence electrons. The van der Waals surface area contributed by atoms with Gasteiger partial charge in [-0.1, -0.05) is 13.8 Å². The van der Waals surface area contributed by atoms with Gasteiger partial charge in [-0.15, -0.1) is 0 Å². The van der Waals surface area contributed by atoms with Crippen molar-refractivity contribution in [2.75, 3.05) is 66.4 Å². The predicted octanol–water partition coefficient (Wildman–Crippen LogP) is -0.712. The third-order valence-corrected chi connectivity index (χ3v) is 3.38. The molecule has 0 spiro atoms. The minimum Gasteiger partial charge on any atom is -0.379 e. The van der Waals surface area contributed by atoms with Crippen LogP contribution in [0, 0.1) is 5.92 Å². The van der Waals surface area contributed by atoms with E-state index in [1.165, 1.54) is 0 Å². The smallest absolute Gasteiger partial charge is 0.240 e. The Bertz CT molecular complexity index is 368. The van der Waals surface area contributed by atoms with Crippen LogP contribution in [0.25, 0.3) is 0 Å². The number of nitrogens with two attached hydrogens (primary N) is 1. The first-order valence-corrected chi connectivity index (χ1v) is 9.03. The minimum atomic E-state index is -0.653. The number of ether oxygens (including phenoxy) is 4. The number of rotatable bonds is 18. The molecule has 26 heavy (non-hydrogen) atoms. The fraction of sp³-hybridized carbons (Fsp3) is 0.882. The Morgan fingerprint density at radius 2 is 1.31 bits per heavy atom. The van der Waals surface area contributed by atoms with Gasteiger partial charge in [0.25, 0.3) is 0 Å². The fourth-order valence-electron chi connectivity index (χ4n) is 1.91. The van der Waals surface area contributed by atoms with Crippen molar-refractivity contribution in [2.24, 2.45) is 11.7 Å². The monoisotopic (exact) mass is 377 g/mol. The summed E-state index contributed by atoms with van der Waals surface area (Å²) in [5, 5.41) is 5.60. The molecule has 2 amide bonds. The maximum atomic E-state index is 11.7. The molecule has 0 bridgehead atoms. The summed E-state index contributed by atoms with van der Waals surface area (Å²) in [6.45, 7) is 8.33. The van der Waals surface area contributed by atoms with Crippen LogP contribution < -0.4 is 16.4 Å². The topological polar surface area (TPSA) is 121 Å². The molecule has 0 aromatic rings. The first-order valence-electron chi connectivity index (χ1n) is 9.03. The van der Waals surface area contributed by atoms with Gasteiger partial charge in [0.15, 0.2) is 0 Å². The molecule has 9 heteroatoms. The average Bonchev–Trinajstić information content (AvgIpc) is 2.59. The van der Waals surface area contributed by atoms with Crippen LogP contribution in [0.2, 0.25) is 0 Å². The zero-order valence-electron chi connectivity index (χ0n) is 16.3. The van der Waals surface area contributed by atoms with E-state index in [-0.39, 0.29) is 24.9 Å². The Morgan fingerprint density at radius 1 is 0.846 bits per heavy atom. The third-order valence-electron chi connectivity index (χ3n) is 3.38. The van der Waals surface area contributed by atoms with Crippen molar-refractivity contribution in [1.29, 1.82) is 0 Å². The second kappa shape index (κ2) is 17.2. The molecular formula is C17H35N3O6. The maximum absolute atomic E-state index is 11.7. The molecule has 0 aliphatic rings. The summed E-state index contributed by atoms with van der Waals surface area (Å²) in [6, 6.07) is -0.653. The summed E-state index contributed by atoms with van der Waals surface area (Å²) in [4.78, 5) is 22.9. The zero-order valence-corrected chi connectivity index (χ0v) is 16.3. The summed E-state index contributed by atoms with van der Waals surface area (Å²) in [6.07, 6.45) is 0.174. The van der Waals surface area contributed by atoms with Gasteiger partial charge in [0.05, 0.1) is 52.9 Å². The van der Waals surface area contributed by atoms with Crippen LogP contribution in [0.15, 0.2) is 0 Å². The second-order valence-corrected chi connectivity index (χ2v) is 5.99. The quantitative estimate of drug-likeness (QED) is 0.270. The summed E-state index contributed by atoms with van der Waals surface area (Å²) in [7, 11) is 1.88. The van der Waals surface area contributed by atoms with Crippen LogP contribution in [0.5, 0.6) is 0 Å². The van der Waals surface area contributed by atoms with Crippen molar-refractivity contribution in [3.05, 3.63) is 0 Å². The normalized spacial score (nSPS) is 12.3. The highest BCUT2D eigenvalue weighted by Gasteiger charge is 2.21. The van der Waals surface area contributed by atoms with Crippen molar-refractivity contribution >= 4 is 11.8 Å². The molecule has 0 aromatic carbocycles. The molecule has 0 radical (unpaired) electrons. The summed E-state index contributed by atoms with van der Waals surface area (Å²) < 4.78 is 21.3. The molecular weight excluding hydrogens is 342 g/mol. The van der Waals surface area contributed by atoms with E-state index in [4.69, 9.17) is 24.7 Å². The molecule has 0 rings (SSSR count). The molecule has 0 aromatic heterocycles. The van der Waals surface area contributed by atoms with Crippen molar-refractivity contribution < 1.29 is 28.5 Å². The van der Waals surface area contributed by atoms with Gasteiger partial charge >= 0.3 is 0 Å². The molecule has 0 unspecified atom stereocenters. The molecule has 0 saturated carbocycles. The highest BCUT2D eigenvalue weighted by Crippen LogP contribution is 2.01. The Morgan fingerprint density at radius 3 is 1.73 bits per heavy atom. The molecule has 4 N–H and O–H groups in total. The van der Waals surface area contributed by atoms with Gasteiger partial charge in [0.1, 0.15) is 6.04 Å². The van der Waals surface area contributed by atoms with Crippen LogP contribution in [-0.4, -0.2) is 84.3 Å². The van der Waals surface area contributed by atoms with E-state index >= 15 is 0 Å². The van der Waals surface area contributed by atoms with Gasteiger partial charge in [-0.3, -0.25) is 9.59 Å². The maximum Gasteiger partial charge on any atom is 0.240 e. The predicted molar refractivity (Wildman–Crippen MR) is 97.8 cm³/mol. The van der Waals surface area contributed by atoms with Crippen LogP contribution in [0.4, 0.5) is 0 Å². The fourth-order valence-corrected chi connectivity index (χ4v) is 1.91. The van der Waals surface area contributed by atoms with Crippen LogP contribution >= 0.6 is 0 Å². The standard InChI is InChI=1S/C17H35N3O6/c1-14(2)16(17(18)22)20-15(21)4-6-23-8-10-25-12-13-26-11-9-24-7-5-19-3/h14,16,19H,4-13H2,1-3H3,(H2,18,22)(H,20,21)/t16-/m0/s1. The lowest BCUT2D eigenvalue weighted by molar-refractivity contribution is -0.129. The number of nitrogens with one attached hydrogen (secondary N) is 2. The number of hydrogen-bond acceptors (Lipinski definition) is 7. The Labute approximate surface area is 156 Å². The molecule has 0 saturated heterocycles. The van der Waals surface area contributed by atoms with E-state index in [0.29, 0.717) is 46.2 Å². The Hall–Kier alpha value is -1.26. The first kappa shape index (κ1) is 24.7. The number of amides is 2. The average molecular weight is 377 g/mol. The zero-order chi connectivity index (χ0) is 19.6.